The lowest BCUT2D eigenvalue weighted by Crippen LogP contribution is -2.19. The molecule has 1 saturated heterocycles. The van der Waals surface area contributed by atoms with Crippen LogP contribution >= 0.6 is 0 Å². The molecule has 1 aliphatic rings. The van der Waals surface area contributed by atoms with Gasteiger partial charge in [0.05, 0.1) is 12.7 Å². The lowest BCUT2D eigenvalue weighted by molar-refractivity contribution is 0.0468. The smallest absolute Gasteiger partial charge is 0.128 e. The number of hydrogen-bond acceptors (Lipinski definition) is 2. The van der Waals surface area contributed by atoms with Gasteiger partial charge < -0.3 is 9.64 Å². The van der Waals surface area contributed by atoms with E-state index in [1.54, 1.807) is 12.1 Å². The zero-order valence-corrected chi connectivity index (χ0v) is 8.95. The molecule has 1 unspecified atom stereocenters. The summed E-state index contributed by atoms with van der Waals surface area (Å²) in [5, 5.41) is 0. The molecule has 0 spiro atoms. The van der Waals surface area contributed by atoms with Gasteiger partial charge in [-0.2, -0.15) is 0 Å². The molecule has 82 valence electrons. The van der Waals surface area contributed by atoms with Gasteiger partial charge in [-0.15, -0.1) is 0 Å². The van der Waals surface area contributed by atoms with Crippen LogP contribution in [-0.2, 0) is 11.3 Å². The molecular formula is C12H16FNO. The van der Waals surface area contributed by atoms with Crippen LogP contribution in [0, 0.1) is 5.82 Å². The van der Waals surface area contributed by atoms with Crippen LogP contribution in [0.5, 0.6) is 0 Å². The van der Waals surface area contributed by atoms with Gasteiger partial charge in [-0.05, 0) is 19.5 Å². The third-order valence-corrected chi connectivity index (χ3v) is 2.78. The van der Waals surface area contributed by atoms with E-state index < -0.39 is 0 Å². The predicted molar refractivity (Wildman–Crippen MR) is 57.1 cm³/mol. The lowest BCUT2D eigenvalue weighted by atomic mass is 10.2. The van der Waals surface area contributed by atoms with E-state index in [0.717, 1.165) is 19.5 Å². The Balaban J connectivity index is 1.86. The molecule has 3 heteroatoms. The quantitative estimate of drug-likeness (QED) is 0.755. The van der Waals surface area contributed by atoms with Crippen molar-refractivity contribution in [1.82, 2.24) is 4.90 Å². The highest BCUT2D eigenvalue weighted by Crippen LogP contribution is 2.14. The average molecular weight is 209 g/mol. The zero-order chi connectivity index (χ0) is 10.7. The number of likely N-dealkylation sites (N-methyl/N-ethyl adjacent to an activating group) is 1. The van der Waals surface area contributed by atoms with Crippen LogP contribution in [-0.4, -0.2) is 31.1 Å². The number of likely N-dealkylation sites (tertiary alicyclic amines) is 1. The normalized spacial score (nSPS) is 22.1. The van der Waals surface area contributed by atoms with Gasteiger partial charge in [0.25, 0.3) is 0 Å². The van der Waals surface area contributed by atoms with Crippen molar-refractivity contribution in [3.63, 3.8) is 0 Å². The monoisotopic (exact) mass is 209 g/mol. The molecule has 1 heterocycles. The van der Waals surface area contributed by atoms with Gasteiger partial charge in [-0.3, -0.25) is 0 Å². The topological polar surface area (TPSA) is 12.5 Å². The van der Waals surface area contributed by atoms with Gasteiger partial charge in [0, 0.05) is 18.7 Å². The first-order valence-electron chi connectivity index (χ1n) is 5.29. The van der Waals surface area contributed by atoms with E-state index in [0.29, 0.717) is 12.2 Å². The highest BCUT2D eigenvalue weighted by atomic mass is 19.1. The molecule has 15 heavy (non-hydrogen) atoms. The lowest BCUT2D eigenvalue weighted by Gasteiger charge is -2.12. The molecule has 0 saturated carbocycles. The number of hydrogen-bond donors (Lipinski definition) is 0. The summed E-state index contributed by atoms with van der Waals surface area (Å²) in [7, 11) is 2.08. The van der Waals surface area contributed by atoms with Crippen LogP contribution in [0.15, 0.2) is 24.3 Å². The first-order chi connectivity index (χ1) is 7.25. The molecule has 1 atom stereocenters. The van der Waals surface area contributed by atoms with Crippen molar-refractivity contribution < 1.29 is 9.13 Å². The van der Waals surface area contributed by atoms with Gasteiger partial charge in [-0.25, -0.2) is 4.39 Å². The van der Waals surface area contributed by atoms with Crippen LogP contribution < -0.4 is 0 Å². The predicted octanol–water partition coefficient (Wildman–Crippen LogP) is 2.05. The zero-order valence-electron chi connectivity index (χ0n) is 8.95. The minimum Gasteiger partial charge on any atom is -0.372 e. The van der Waals surface area contributed by atoms with Crippen LogP contribution in [0.3, 0.4) is 0 Å². The standard InChI is InChI=1S/C12H16FNO/c1-14-7-6-11(8-14)15-9-10-4-2-3-5-12(10)13/h2-5,11H,6-9H2,1H3. The summed E-state index contributed by atoms with van der Waals surface area (Å²) in [5.74, 6) is -0.177. The van der Waals surface area contributed by atoms with Gasteiger partial charge in [0.1, 0.15) is 5.82 Å². The van der Waals surface area contributed by atoms with E-state index in [-0.39, 0.29) is 11.9 Å². The molecule has 0 aliphatic carbocycles. The Morgan fingerprint density at radius 2 is 2.27 bits per heavy atom. The number of benzene rings is 1. The fraction of sp³-hybridized carbons (Fsp3) is 0.500. The van der Waals surface area contributed by atoms with E-state index in [1.807, 2.05) is 6.07 Å². The maximum Gasteiger partial charge on any atom is 0.128 e. The molecule has 0 aromatic heterocycles. The Bertz CT molecular complexity index is 329. The van der Waals surface area contributed by atoms with Gasteiger partial charge in [0.2, 0.25) is 0 Å². The summed E-state index contributed by atoms with van der Waals surface area (Å²) in [4.78, 5) is 2.23. The summed E-state index contributed by atoms with van der Waals surface area (Å²) >= 11 is 0. The molecule has 2 rings (SSSR count). The Morgan fingerprint density at radius 3 is 2.93 bits per heavy atom. The van der Waals surface area contributed by atoms with E-state index >= 15 is 0 Å². The van der Waals surface area contributed by atoms with Crippen molar-refractivity contribution in [3.8, 4) is 0 Å². The molecular weight excluding hydrogens is 193 g/mol. The first kappa shape index (κ1) is 10.6. The number of rotatable bonds is 3. The highest BCUT2D eigenvalue weighted by molar-refractivity contribution is 5.16. The maximum absolute atomic E-state index is 13.2. The molecule has 1 aromatic rings. The Kier molecular flexibility index (Phi) is 3.34. The molecule has 1 fully saturated rings. The second kappa shape index (κ2) is 4.73. The summed E-state index contributed by atoms with van der Waals surface area (Å²) in [5.41, 5.74) is 0.645. The SMILES string of the molecule is CN1CCC(OCc2ccccc2F)C1. The minimum atomic E-state index is -0.177. The number of nitrogens with zero attached hydrogens (tertiary/aromatic N) is 1. The van der Waals surface area contributed by atoms with Crippen LogP contribution in [0.4, 0.5) is 4.39 Å². The van der Waals surface area contributed by atoms with Crippen molar-refractivity contribution in [2.45, 2.75) is 19.1 Å². The number of halogens is 1. The summed E-state index contributed by atoms with van der Waals surface area (Å²) in [6, 6.07) is 6.78. The Morgan fingerprint density at radius 1 is 1.47 bits per heavy atom. The molecule has 0 bridgehead atoms. The molecule has 0 amide bonds. The summed E-state index contributed by atoms with van der Waals surface area (Å²) in [6.07, 6.45) is 1.31. The summed E-state index contributed by atoms with van der Waals surface area (Å²) < 4.78 is 18.9. The fourth-order valence-electron chi connectivity index (χ4n) is 1.85. The van der Waals surface area contributed by atoms with Crippen molar-refractivity contribution >= 4 is 0 Å². The molecule has 1 aliphatic heterocycles. The fourth-order valence-corrected chi connectivity index (χ4v) is 1.85. The second-order valence-corrected chi connectivity index (χ2v) is 4.08. The second-order valence-electron chi connectivity index (χ2n) is 4.08. The van der Waals surface area contributed by atoms with Crippen LogP contribution in [0.1, 0.15) is 12.0 Å². The molecule has 0 radical (unpaired) electrons. The molecule has 1 aromatic carbocycles. The third kappa shape index (κ3) is 2.76. The van der Waals surface area contributed by atoms with E-state index in [1.165, 1.54) is 6.07 Å². The number of ether oxygens (including phenoxy) is 1. The largest absolute Gasteiger partial charge is 0.372 e. The van der Waals surface area contributed by atoms with Crippen molar-refractivity contribution in [2.75, 3.05) is 20.1 Å². The van der Waals surface area contributed by atoms with E-state index in [2.05, 4.69) is 11.9 Å². The van der Waals surface area contributed by atoms with E-state index in [9.17, 15) is 4.39 Å². The Hall–Kier alpha value is -0.930. The van der Waals surface area contributed by atoms with Crippen molar-refractivity contribution in [3.05, 3.63) is 35.6 Å². The van der Waals surface area contributed by atoms with Crippen LogP contribution in [0.2, 0.25) is 0 Å². The van der Waals surface area contributed by atoms with Crippen molar-refractivity contribution in [2.24, 2.45) is 0 Å². The maximum atomic E-state index is 13.2. The summed E-state index contributed by atoms with van der Waals surface area (Å²) in [6.45, 7) is 2.40. The third-order valence-electron chi connectivity index (χ3n) is 2.78. The minimum absolute atomic E-state index is 0.177. The highest BCUT2D eigenvalue weighted by Gasteiger charge is 2.19. The van der Waals surface area contributed by atoms with Gasteiger partial charge in [-0.1, -0.05) is 18.2 Å². The van der Waals surface area contributed by atoms with Crippen molar-refractivity contribution in [1.29, 1.82) is 0 Å². The van der Waals surface area contributed by atoms with Gasteiger partial charge in [0.15, 0.2) is 0 Å². The first-order valence-corrected chi connectivity index (χ1v) is 5.29. The average Bonchev–Trinajstić information content (AvgIpc) is 2.63. The van der Waals surface area contributed by atoms with E-state index in [4.69, 9.17) is 4.74 Å². The van der Waals surface area contributed by atoms with Crippen LogP contribution in [0.25, 0.3) is 0 Å². The molecule has 2 nitrogen and oxygen atoms in total. The molecule has 0 N–H and O–H groups in total. The Labute approximate surface area is 89.7 Å². The van der Waals surface area contributed by atoms with Gasteiger partial charge >= 0.3 is 0 Å².